The van der Waals surface area contributed by atoms with E-state index in [9.17, 15) is 4.79 Å². The van der Waals surface area contributed by atoms with Crippen molar-refractivity contribution in [2.75, 3.05) is 12.1 Å². The first-order valence-corrected chi connectivity index (χ1v) is 8.80. The van der Waals surface area contributed by atoms with Crippen molar-refractivity contribution in [3.63, 3.8) is 0 Å². The second-order valence-electron chi connectivity index (χ2n) is 5.66. The van der Waals surface area contributed by atoms with Gasteiger partial charge in [-0.15, -0.1) is 10.2 Å². The number of ether oxygens (including phenoxy) is 2. The lowest BCUT2D eigenvalue weighted by atomic mass is 10.2. The van der Waals surface area contributed by atoms with Crippen LogP contribution in [0.15, 0.2) is 46.2 Å². The third-order valence-corrected chi connectivity index (χ3v) is 5.00. The molecule has 1 atom stereocenters. The summed E-state index contributed by atoms with van der Waals surface area (Å²) in [4.78, 5) is 12.5. The number of nitrogens with zero attached hydrogens (tertiary/aromatic N) is 3. The molecule has 0 aliphatic carbocycles. The molecule has 8 nitrogen and oxygen atoms in total. The standard InChI is InChI=1S/C17H16N4O4S/c1-10(16(22)18-11-5-6-12-14(8-11)25-9-24-12)26-17-20-19-15(21(17)2)13-4-3-7-23-13/h3-8,10H,9H2,1-2H3,(H,18,22)/t10-/m0/s1. The number of nitrogens with one attached hydrogen (secondary N) is 1. The Morgan fingerprint density at radius 1 is 1.27 bits per heavy atom. The van der Waals surface area contributed by atoms with Crippen LogP contribution in [0.3, 0.4) is 0 Å². The maximum absolute atomic E-state index is 12.5. The topological polar surface area (TPSA) is 91.4 Å². The Kier molecular flexibility index (Phi) is 4.29. The van der Waals surface area contributed by atoms with Gasteiger partial charge in [-0.3, -0.25) is 4.79 Å². The summed E-state index contributed by atoms with van der Waals surface area (Å²) in [7, 11) is 1.84. The van der Waals surface area contributed by atoms with Gasteiger partial charge in [0.05, 0.1) is 11.5 Å². The van der Waals surface area contributed by atoms with Crippen LogP contribution in [0.1, 0.15) is 6.92 Å². The molecule has 0 fully saturated rings. The van der Waals surface area contributed by atoms with Crippen LogP contribution in [0.25, 0.3) is 11.6 Å². The number of carbonyl (C=O) groups excluding carboxylic acids is 1. The molecule has 2 aromatic heterocycles. The van der Waals surface area contributed by atoms with Gasteiger partial charge in [0.2, 0.25) is 12.7 Å². The first-order chi connectivity index (χ1) is 12.6. The quantitative estimate of drug-likeness (QED) is 0.689. The summed E-state index contributed by atoms with van der Waals surface area (Å²) < 4.78 is 17.7. The van der Waals surface area contributed by atoms with Crippen LogP contribution in [0.4, 0.5) is 5.69 Å². The fraction of sp³-hybridized carbons (Fsp3) is 0.235. The lowest BCUT2D eigenvalue weighted by Gasteiger charge is -2.12. The van der Waals surface area contributed by atoms with Crippen molar-refractivity contribution in [2.45, 2.75) is 17.3 Å². The van der Waals surface area contributed by atoms with E-state index in [1.807, 2.05) is 20.0 Å². The first kappa shape index (κ1) is 16.5. The summed E-state index contributed by atoms with van der Waals surface area (Å²) in [6, 6.07) is 8.90. The number of furan rings is 1. The van der Waals surface area contributed by atoms with Crippen LogP contribution >= 0.6 is 11.8 Å². The molecule has 0 unspecified atom stereocenters. The van der Waals surface area contributed by atoms with Crippen LogP contribution in [0.2, 0.25) is 0 Å². The normalized spacial score (nSPS) is 13.6. The van der Waals surface area contributed by atoms with Crippen LogP contribution in [0, 0.1) is 0 Å². The van der Waals surface area contributed by atoms with Gasteiger partial charge >= 0.3 is 0 Å². The number of thioether (sulfide) groups is 1. The van der Waals surface area contributed by atoms with Crippen molar-refractivity contribution in [1.82, 2.24) is 14.8 Å². The van der Waals surface area contributed by atoms with Gasteiger partial charge < -0.3 is 23.8 Å². The number of fused-ring (bicyclic) bond motifs is 1. The number of hydrogen-bond acceptors (Lipinski definition) is 7. The van der Waals surface area contributed by atoms with Gasteiger partial charge in [-0.2, -0.15) is 0 Å². The van der Waals surface area contributed by atoms with Crippen molar-refractivity contribution in [1.29, 1.82) is 0 Å². The maximum Gasteiger partial charge on any atom is 0.237 e. The summed E-state index contributed by atoms with van der Waals surface area (Å²) in [5, 5.41) is 11.4. The Labute approximate surface area is 153 Å². The van der Waals surface area contributed by atoms with E-state index in [0.717, 1.165) is 0 Å². The molecule has 9 heteroatoms. The van der Waals surface area contributed by atoms with Crippen molar-refractivity contribution in [3.05, 3.63) is 36.6 Å². The summed E-state index contributed by atoms with van der Waals surface area (Å²) in [5.41, 5.74) is 0.654. The molecule has 1 amide bonds. The first-order valence-electron chi connectivity index (χ1n) is 7.92. The zero-order chi connectivity index (χ0) is 18.1. The molecule has 0 saturated heterocycles. The van der Waals surface area contributed by atoms with E-state index in [-0.39, 0.29) is 18.0 Å². The maximum atomic E-state index is 12.5. The van der Waals surface area contributed by atoms with Gasteiger partial charge in [0, 0.05) is 18.8 Å². The molecule has 0 saturated carbocycles. The largest absolute Gasteiger partial charge is 0.461 e. The number of aromatic nitrogens is 3. The summed E-state index contributed by atoms with van der Waals surface area (Å²) in [5.74, 6) is 2.40. The minimum Gasteiger partial charge on any atom is -0.461 e. The fourth-order valence-electron chi connectivity index (χ4n) is 2.47. The molecule has 1 aliphatic rings. The molecular weight excluding hydrogens is 356 g/mol. The lowest BCUT2D eigenvalue weighted by Crippen LogP contribution is -2.22. The Morgan fingerprint density at radius 2 is 2.12 bits per heavy atom. The van der Waals surface area contributed by atoms with E-state index in [1.54, 1.807) is 35.1 Å². The number of hydrogen-bond donors (Lipinski definition) is 1. The third-order valence-electron chi connectivity index (χ3n) is 3.87. The highest BCUT2D eigenvalue weighted by molar-refractivity contribution is 8.00. The average Bonchev–Trinajstić information content (AvgIpc) is 3.36. The monoisotopic (exact) mass is 372 g/mol. The molecule has 1 aromatic carbocycles. The second kappa shape index (κ2) is 6.75. The Hall–Kier alpha value is -2.94. The lowest BCUT2D eigenvalue weighted by molar-refractivity contribution is -0.115. The predicted molar refractivity (Wildman–Crippen MR) is 95.2 cm³/mol. The number of amides is 1. The van der Waals surface area contributed by atoms with Gasteiger partial charge in [0.15, 0.2) is 28.2 Å². The zero-order valence-electron chi connectivity index (χ0n) is 14.1. The van der Waals surface area contributed by atoms with E-state index in [1.165, 1.54) is 11.8 Å². The third kappa shape index (κ3) is 3.13. The summed E-state index contributed by atoms with van der Waals surface area (Å²) in [6.07, 6.45) is 1.58. The van der Waals surface area contributed by atoms with Gasteiger partial charge in [-0.1, -0.05) is 11.8 Å². The van der Waals surface area contributed by atoms with E-state index >= 15 is 0 Å². The van der Waals surface area contributed by atoms with E-state index in [0.29, 0.717) is 33.9 Å². The van der Waals surface area contributed by atoms with Crippen molar-refractivity contribution >= 4 is 23.4 Å². The van der Waals surface area contributed by atoms with Gasteiger partial charge in [0.25, 0.3) is 0 Å². The van der Waals surface area contributed by atoms with Crippen LogP contribution < -0.4 is 14.8 Å². The molecular formula is C17H16N4O4S. The van der Waals surface area contributed by atoms with Gasteiger partial charge in [0.1, 0.15) is 0 Å². The molecule has 1 aliphatic heterocycles. The fourth-order valence-corrected chi connectivity index (χ4v) is 3.28. The highest BCUT2D eigenvalue weighted by Gasteiger charge is 2.21. The smallest absolute Gasteiger partial charge is 0.237 e. The molecule has 1 N–H and O–H groups in total. The molecule has 0 radical (unpaired) electrons. The van der Waals surface area contributed by atoms with Crippen molar-refractivity contribution in [2.24, 2.45) is 7.05 Å². The van der Waals surface area contributed by atoms with Crippen LogP contribution in [-0.2, 0) is 11.8 Å². The summed E-state index contributed by atoms with van der Waals surface area (Å²) >= 11 is 1.32. The SMILES string of the molecule is C[C@H](Sc1nnc(-c2ccco2)n1C)C(=O)Nc1ccc2c(c1)OCO2. The Morgan fingerprint density at radius 3 is 2.92 bits per heavy atom. The molecule has 134 valence electrons. The van der Waals surface area contributed by atoms with Crippen LogP contribution in [0.5, 0.6) is 11.5 Å². The predicted octanol–water partition coefficient (Wildman–Crippen LogP) is 2.92. The second-order valence-corrected chi connectivity index (χ2v) is 6.97. The molecule has 0 spiro atoms. The van der Waals surface area contributed by atoms with E-state index in [4.69, 9.17) is 13.9 Å². The minimum absolute atomic E-state index is 0.142. The average molecular weight is 372 g/mol. The van der Waals surface area contributed by atoms with Gasteiger partial charge in [-0.25, -0.2) is 0 Å². The minimum atomic E-state index is -0.368. The molecule has 3 aromatic rings. The highest BCUT2D eigenvalue weighted by atomic mass is 32.2. The van der Waals surface area contributed by atoms with Crippen molar-refractivity contribution < 1.29 is 18.7 Å². The Balaban J connectivity index is 1.43. The number of rotatable bonds is 5. The molecule has 26 heavy (non-hydrogen) atoms. The zero-order valence-corrected chi connectivity index (χ0v) is 14.9. The number of carbonyl (C=O) groups is 1. The Bertz CT molecular complexity index is 938. The number of anilines is 1. The number of benzene rings is 1. The van der Waals surface area contributed by atoms with E-state index in [2.05, 4.69) is 15.5 Å². The highest BCUT2D eigenvalue weighted by Crippen LogP contribution is 2.34. The molecule has 3 heterocycles. The summed E-state index contributed by atoms with van der Waals surface area (Å²) in [6.45, 7) is 2.01. The van der Waals surface area contributed by atoms with E-state index < -0.39 is 0 Å². The van der Waals surface area contributed by atoms with Gasteiger partial charge in [-0.05, 0) is 31.2 Å². The van der Waals surface area contributed by atoms with Crippen molar-refractivity contribution in [3.8, 4) is 23.1 Å². The molecule has 0 bridgehead atoms. The van der Waals surface area contributed by atoms with Crippen LogP contribution in [-0.4, -0.2) is 32.7 Å². The molecule has 4 rings (SSSR count).